The van der Waals surface area contributed by atoms with Gasteiger partial charge in [0.15, 0.2) is 23.0 Å². The first-order chi connectivity index (χ1) is 26.1. The van der Waals surface area contributed by atoms with Crippen LogP contribution in [0.1, 0.15) is 11.1 Å². The number of hydrogen-bond acceptors (Lipinski definition) is 18. The maximum Gasteiger partial charge on any atom is 0.330 e. The second kappa shape index (κ2) is 16.2. The van der Waals surface area contributed by atoms with Gasteiger partial charge in [0.2, 0.25) is 24.4 Å². The first kappa shape index (κ1) is 39.3. The molecule has 0 saturated carbocycles. The van der Waals surface area contributed by atoms with Crippen LogP contribution in [0.15, 0.2) is 83.6 Å². The molecule has 11 unspecified atom stereocenters. The lowest BCUT2D eigenvalue weighted by molar-refractivity contribution is -0.292. The molecule has 2 fully saturated rings. The summed E-state index contributed by atoms with van der Waals surface area (Å²) in [6, 6.07) is 7.46. The Morgan fingerprint density at radius 3 is 2.00 bits per heavy atom. The smallest absolute Gasteiger partial charge is 0.330 e. The lowest BCUT2D eigenvalue weighted by Crippen LogP contribution is -2.59. The highest BCUT2D eigenvalue weighted by Gasteiger charge is 2.48. The minimum atomic E-state index is -1.92. The van der Waals surface area contributed by atoms with E-state index < -0.39 is 104 Å². The zero-order chi connectivity index (χ0) is 39.7. The molecular formula is C36H39O19+. The summed E-state index contributed by atoms with van der Waals surface area (Å²) in [7, 11) is 0. The molecule has 11 atom stereocenters. The third-order valence-electron chi connectivity index (χ3n) is 9.05. The van der Waals surface area contributed by atoms with E-state index in [1.165, 1.54) is 42.5 Å². The minimum absolute atomic E-state index is 0.0491. The third kappa shape index (κ3) is 8.34. The number of allylic oxidation sites excluding steroid dienone is 2. The summed E-state index contributed by atoms with van der Waals surface area (Å²) >= 11 is 0. The Hall–Kier alpha value is -5.35. The first-order valence-corrected chi connectivity index (χ1v) is 16.7. The zero-order valence-electron chi connectivity index (χ0n) is 28.4. The van der Waals surface area contributed by atoms with Crippen molar-refractivity contribution in [2.45, 2.75) is 67.5 Å². The maximum atomic E-state index is 12.5. The number of aliphatic hydroxyl groups is 10. The van der Waals surface area contributed by atoms with E-state index in [1.54, 1.807) is 0 Å². The molecular weight excluding hydrogens is 736 g/mol. The van der Waals surface area contributed by atoms with E-state index in [2.05, 4.69) is 4.74 Å². The van der Waals surface area contributed by atoms with Crippen LogP contribution >= 0.6 is 0 Å². The fourth-order valence-electron chi connectivity index (χ4n) is 6.01. The van der Waals surface area contributed by atoms with Crippen LogP contribution in [0.4, 0.5) is 0 Å². The van der Waals surface area contributed by atoms with E-state index in [-0.39, 0.29) is 39.9 Å². The molecule has 0 amide bonds. The molecule has 3 aliphatic heterocycles. The first-order valence-electron chi connectivity index (χ1n) is 16.7. The van der Waals surface area contributed by atoms with Gasteiger partial charge in [0.25, 0.3) is 0 Å². The molecule has 0 aromatic heterocycles. The van der Waals surface area contributed by atoms with Crippen molar-refractivity contribution in [3.8, 4) is 23.0 Å². The predicted octanol–water partition coefficient (Wildman–Crippen LogP) is -1.75. The van der Waals surface area contributed by atoms with Crippen LogP contribution in [-0.2, 0) is 28.5 Å². The van der Waals surface area contributed by atoms with Crippen molar-refractivity contribution in [1.82, 2.24) is 0 Å². The monoisotopic (exact) mass is 775 g/mol. The lowest BCUT2D eigenvalue weighted by atomic mass is 9.96. The summed E-state index contributed by atoms with van der Waals surface area (Å²) in [5.74, 6) is -3.55. The van der Waals surface area contributed by atoms with Crippen molar-refractivity contribution >= 4 is 17.8 Å². The van der Waals surface area contributed by atoms with Gasteiger partial charge in [-0.3, -0.25) is 0 Å². The van der Waals surface area contributed by atoms with Gasteiger partial charge in [0.1, 0.15) is 67.0 Å². The second-order valence-electron chi connectivity index (χ2n) is 12.8. The van der Waals surface area contributed by atoms with E-state index in [4.69, 9.17) is 23.7 Å². The molecule has 19 nitrogen and oxygen atoms in total. The molecule has 0 bridgehead atoms. The highest BCUT2D eigenvalue weighted by atomic mass is 16.7. The van der Waals surface area contributed by atoms with Gasteiger partial charge in [0, 0.05) is 24.3 Å². The van der Waals surface area contributed by atoms with Crippen molar-refractivity contribution in [3.63, 3.8) is 0 Å². The van der Waals surface area contributed by atoms with E-state index in [0.717, 1.165) is 24.3 Å². The number of aliphatic hydroxyl groups excluding tert-OH is 8. The average molecular weight is 776 g/mol. The highest BCUT2D eigenvalue weighted by molar-refractivity contribution is 5.87. The number of rotatable bonds is 10. The Balaban J connectivity index is 1.27. The number of phenols is 4. The largest absolute Gasteiger partial charge is 0.571 e. The fraction of sp³-hybridized carbons (Fsp3) is 0.361. The molecule has 13 N–H and O–H groups in total. The van der Waals surface area contributed by atoms with Gasteiger partial charge in [-0.05, 0) is 35.9 Å². The van der Waals surface area contributed by atoms with Crippen molar-refractivity contribution in [2.24, 2.45) is 0 Å². The molecule has 19 heteroatoms. The van der Waals surface area contributed by atoms with E-state index in [0.29, 0.717) is 5.56 Å². The number of esters is 1. The number of hydrogen-bond donors (Lipinski definition) is 12. The number of aromatic hydroxyl groups is 4. The molecule has 2 saturated heterocycles. The summed E-state index contributed by atoms with van der Waals surface area (Å²) in [4.78, 5) is 12.5. The van der Waals surface area contributed by atoms with Crippen molar-refractivity contribution in [3.05, 3.63) is 94.7 Å². The number of carbonyl (C=O) groups excluding carboxylic acids is 1. The number of carbonyl (C=O) groups is 1. The second-order valence-corrected chi connectivity index (χ2v) is 12.8. The summed E-state index contributed by atoms with van der Waals surface area (Å²) in [6.07, 6.45) is -12.2. The number of fused-ring (bicyclic) bond motifs is 1. The van der Waals surface area contributed by atoms with Gasteiger partial charge in [-0.15, -0.1) is 0 Å². The molecule has 1 aliphatic carbocycles. The van der Waals surface area contributed by atoms with Crippen LogP contribution in [0.2, 0.25) is 0 Å². The maximum absolute atomic E-state index is 12.5. The average Bonchev–Trinajstić information content (AvgIpc) is 3.16. The molecule has 55 heavy (non-hydrogen) atoms. The van der Waals surface area contributed by atoms with Crippen LogP contribution in [0.3, 0.4) is 0 Å². The highest BCUT2D eigenvalue weighted by Crippen LogP contribution is 2.40. The van der Waals surface area contributed by atoms with Crippen LogP contribution in [0, 0.1) is 0 Å². The predicted molar refractivity (Wildman–Crippen MR) is 182 cm³/mol. The number of benzene rings is 2. The van der Waals surface area contributed by atoms with E-state index in [1.807, 2.05) is 0 Å². The summed E-state index contributed by atoms with van der Waals surface area (Å²) in [5, 5.41) is 123. The fourth-order valence-corrected chi connectivity index (χ4v) is 6.01. The molecule has 0 spiro atoms. The van der Waals surface area contributed by atoms with Gasteiger partial charge in [0.05, 0.1) is 23.8 Å². The molecule has 296 valence electrons. The number of phenolic OH excluding ortho intramolecular Hbond substituents is 4. The Morgan fingerprint density at radius 2 is 1.35 bits per heavy atom. The van der Waals surface area contributed by atoms with E-state index in [9.17, 15) is 66.1 Å². The molecule has 3 heterocycles. The van der Waals surface area contributed by atoms with Gasteiger partial charge in [-0.25, -0.2) is 4.79 Å². The summed E-state index contributed by atoms with van der Waals surface area (Å²) < 4.78 is 32.8. The van der Waals surface area contributed by atoms with Gasteiger partial charge in [-0.1, -0.05) is 6.07 Å². The zero-order valence-corrected chi connectivity index (χ0v) is 28.4. The van der Waals surface area contributed by atoms with Crippen molar-refractivity contribution in [1.29, 1.82) is 0 Å². The normalized spacial score (nSPS) is 32.1. The van der Waals surface area contributed by atoms with Crippen molar-refractivity contribution < 1.29 is 94.5 Å². The molecule has 4 aliphatic rings. The van der Waals surface area contributed by atoms with Gasteiger partial charge >= 0.3 is 11.7 Å². The molecule has 2 aromatic rings. The Kier molecular flexibility index (Phi) is 11.6. The van der Waals surface area contributed by atoms with E-state index >= 15 is 0 Å². The third-order valence-corrected chi connectivity index (χ3v) is 9.05. The summed E-state index contributed by atoms with van der Waals surface area (Å²) in [6.45, 7) is -1.39. The van der Waals surface area contributed by atoms with Gasteiger partial charge < -0.3 is 89.7 Å². The molecule has 2 aromatic carbocycles. The topological polar surface area (TPSA) is 319 Å². The van der Waals surface area contributed by atoms with Crippen LogP contribution in [0.5, 0.6) is 23.0 Å². The molecule has 6 rings (SSSR count). The minimum Gasteiger partial charge on any atom is -0.571 e. The van der Waals surface area contributed by atoms with Crippen LogP contribution < -0.4 is 0 Å². The Labute approximate surface area is 310 Å². The molecule has 0 radical (unpaired) electrons. The Morgan fingerprint density at radius 1 is 0.727 bits per heavy atom. The van der Waals surface area contributed by atoms with Crippen LogP contribution in [-0.4, -0.2) is 153 Å². The lowest BCUT2D eigenvalue weighted by Gasteiger charge is -2.41. The van der Waals surface area contributed by atoms with Crippen LogP contribution in [0.25, 0.3) is 11.8 Å². The van der Waals surface area contributed by atoms with Gasteiger partial charge in [-0.2, -0.15) is 0 Å². The standard InChI is InChI=1S/C36H38O19/c37-12-25-28(44)30(46)32(48)35(54-25)52-23-10-16(38)9-22-17(23)11-24(34(51-22)15-3-5-19(40)21(42)8-15)53-36-33(49)31(47)29(45)26(55-36)13-50-27(43)6-2-14-1-4-18(39)20(41)7-14/h1-11,22,25-26,28-33,35-42,44-49H,12-13H2/p+1. The number of ether oxygens (including phenoxy) is 6. The Bertz CT molecular complexity index is 1920. The van der Waals surface area contributed by atoms with Crippen molar-refractivity contribution in [2.75, 3.05) is 13.2 Å². The quantitative estimate of drug-likeness (QED) is 0.0551. The SMILES string of the molecule is O=C(C=Cc1ccc(O)c(O)c1)OCC1OC(OC2=C(c3ccc(O)c(O)c3)[OH+]C3C=C(O)C=C(OC4OC(CO)C(O)C(O)C4O)C3=C2)C(O)C(O)C1O. The summed E-state index contributed by atoms with van der Waals surface area (Å²) in [5.41, 5.74) is 0.611.